The Morgan fingerprint density at radius 3 is 2.69 bits per heavy atom. The molecule has 0 aliphatic carbocycles. The van der Waals surface area contributed by atoms with Crippen LogP contribution >= 0.6 is 0 Å². The van der Waals surface area contributed by atoms with Gasteiger partial charge in [-0.3, -0.25) is 9.59 Å². The van der Waals surface area contributed by atoms with Gasteiger partial charge in [0.25, 0.3) is 0 Å². The molecule has 0 aromatic rings. The fourth-order valence-corrected chi connectivity index (χ4v) is 0.735. The Morgan fingerprint density at radius 1 is 1.46 bits per heavy atom. The highest BCUT2D eigenvalue weighted by Crippen LogP contribution is 1.86. The Labute approximate surface area is 77.6 Å². The first-order valence-electron chi connectivity index (χ1n) is 4.33. The van der Waals surface area contributed by atoms with Crippen molar-refractivity contribution in [2.75, 3.05) is 19.7 Å². The maximum Gasteiger partial charge on any atom is 0.315 e. The number of hydrogen-bond donors (Lipinski definition) is 2. The number of nitrogens with one attached hydrogen (secondary N) is 1. The lowest BCUT2D eigenvalue weighted by Gasteiger charge is -2.03. The molecule has 13 heavy (non-hydrogen) atoms. The Bertz CT molecular complexity index is 171. The number of rotatable bonds is 6. The summed E-state index contributed by atoms with van der Waals surface area (Å²) in [6.45, 7) is 3.04. The van der Waals surface area contributed by atoms with Gasteiger partial charge < -0.3 is 15.8 Å². The molecular formula is C8H16N2O3. The smallest absolute Gasteiger partial charge is 0.315 e. The quantitative estimate of drug-likeness (QED) is 0.331. The standard InChI is InChI=1S/C8H16N2O3/c1-2-13-8(12)6-7(11)10-5-3-4-9/h2-6,9H2,1H3,(H,10,11). The highest BCUT2D eigenvalue weighted by molar-refractivity contribution is 5.94. The van der Waals surface area contributed by atoms with E-state index < -0.39 is 5.97 Å². The first-order valence-corrected chi connectivity index (χ1v) is 4.33. The molecule has 3 N–H and O–H groups in total. The molecule has 0 saturated heterocycles. The van der Waals surface area contributed by atoms with Gasteiger partial charge in [0.1, 0.15) is 6.42 Å². The van der Waals surface area contributed by atoms with Crippen LogP contribution < -0.4 is 11.1 Å². The number of nitrogens with two attached hydrogens (primary N) is 1. The second-order valence-electron chi connectivity index (χ2n) is 2.47. The summed E-state index contributed by atoms with van der Waals surface area (Å²) in [7, 11) is 0. The van der Waals surface area contributed by atoms with Crippen LogP contribution in [0.3, 0.4) is 0 Å². The first kappa shape index (κ1) is 11.9. The molecule has 0 fully saturated rings. The van der Waals surface area contributed by atoms with Crippen LogP contribution in [0.25, 0.3) is 0 Å². The lowest BCUT2D eigenvalue weighted by Crippen LogP contribution is -2.28. The fraction of sp³-hybridized carbons (Fsp3) is 0.750. The molecule has 0 aliphatic heterocycles. The average Bonchev–Trinajstić information content (AvgIpc) is 2.05. The van der Waals surface area contributed by atoms with Crippen molar-refractivity contribution in [3.8, 4) is 0 Å². The lowest BCUT2D eigenvalue weighted by molar-refractivity contribution is -0.145. The van der Waals surface area contributed by atoms with Gasteiger partial charge in [0.2, 0.25) is 5.91 Å². The van der Waals surface area contributed by atoms with Crippen molar-refractivity contribution >= 4 is 11.9 Å². The molecule has 0 spiro atoms. The lowest BCUT2D eigenvalue weighted by atomic mass is 10.3. The SMILES string of the molecule is CCOC(=O)CC(=O)NCCCN. The summed E-state index contributed by atoms with van der Waals surface area (Å²) >= 11 is 0. The highest BCUT2D eigenvalue weighted by atomic mass is 16.5. The molecule has 0 bridgehead atoms. The first-order chi connectivity index (χ1) is 6.20. The molecule has 76 valence electrons. The van der Waals surface area contributed by atoms with Crippen molar-refractivity contribution in [2.24, 2.45) is 5.73 Å². The van der Waals surface area contributed by atoms with E-state index in [-0.39, 0.29) is 12.3 Å². The third kappa shape index (κ3) is 7.27. The van der Waals surface area contributed by atoms with Gasteiger partial charge in [0.05, 0.1) is 6.61 Å². The summed E-state index contributed by atoms with van der Waals surface area (Å²) < 4.78 is 4.59. The van der Waals surface area contributed by atoms with Crippen LogP contribution in [-0.2, 0) is 14.3 Å². The van der Waals surface area contributed by atoms with E-state index in [4.69, 9.17) is 5.73 Å². The molecule has 0 aromatic heterocycles. The summed E-state index contributed by atoms with van der Waals surface area (Å²) in [5.41, 5.74) is 5.22. The predicted octanol–water partition coefficient (Wildman–Crippen LogP) is -0.595. The zero-order chi connectivity index (χ0) is 10.1. The van der Waals surface area contributed by atoms with Crippen LogP contribution in [0.4, 0.5) is 0 Å². The second kappa shape index (κ2) is 7.54. The molecule has 0 heterocycles. The number of carbonyl (C=O) groups is 2. The minimum Gasteiger partial charge on any atom is -0.466 e. The Kier molecular flexibility index (Phi) is 6.91. The van der Waals surface area contributed by atoms with Gasteiger partial charge in [0.15, 0.2) is 0 Å². The Balaban J connectivity index is 3.44. The third-order valence-corrected chi connectivity index (χ3v) is 1.31. The summed E-state index contributed by atoms with van der Waals surface area (Å²) in [5.74, 6) is -0.806. The number of ether oxygens (including phenoxy) is 1. The largest absolute Gasteiger partial charge is 0.466 e. The minimum absolute atomic E-state index is 0.210. The average molecular weight is 188 g/mol. The molecule has 5 heteroatoms. The van der Waals surface area contributed by atoms with Gasteiger partial charge in [-0.2, -0.15) is 0 Å². The van der Waals surface area contributed by atoms with E-state index in [0.29, 0.717) is 26.1 Å². The van der Waals surface area contributed by atoms with E-state index in [1.807, 2.05) is 0 Å². The molecule has 0 aromatic carbocycles. The molecule has 0 aliphatic rings. The summed E-state index contributed by atoms with van der Waals surface area (Å²) in [4.78, 5) is 21.7. The van der Waals surface area contributed by atoms with Crippen LogP contribution in [0.5, 0.6) is 0 Å². The van der Waals surface area contributed by atoms with E-state index in [2.05, 4.69) is 10.1 Å². The monoisotopic (exact) mass is 188 g/mol. The van der Waals surface area contributed by atoms with Crippen LogP contribution in [0, 0.1) is 0 Å². The van der Waals surface area contributed by atoms with Crippen molar-refractivity contribution in [1.82, 2.24) is 5.32 Å². The number of hydrogen-bond acceptors (Lipinski definition) is 4. The molecule has 1 amide bonds. The van der Waals surface area contributed by atoms with Gasteiger partial charge >= 0.3 is 5.97 Å². The van der Waals surface area contributed by atoms with Crippen LogP contribution in [-0.4, -0.2) is 31.6 Å². The molecule has 0 radical (unpaired) electrons. The molecule has 0 saturated carbocycles. The van der Waals surface area contributed by atoms with E-state index >= 15 is 0 Å². The van der Waals surface area contributed by atoms with E-state index in [9.17, 15) is 9.59 Å². The van der Waals surface area contributed by atoms with Gasteiger partial charge in [-0.15, -0.1) is 0 Å². The summed E-state index contributed by atoms with van der Waals surface area (Å²) in [6.07, 6.45) is 0.507. The van der Waals surface area contributed by atoms with Gasteiger partial charge in [0, 0.05) is 6.54 Å². The molecule has 0 unspecified atom stereocenters. The second-order valence-corrected chi connectivity index (χ2v) is 2.47. The molecule has 5 nitrogen and oxygen atoms in total. The van der Waals surface area contributed by atoms with E-state index in [1.165, 1.54) is 0 Å². The summed E-state index contributed by atoms with van der Waals surface area (Å²) in [5, 5.41) is 2.55. The fourth-order valence-electron chi connectivity index (χ4n) is 0.735. The van der Waals surface area contributed by atoms with Gasteiger partial charge in [-0.25, -0.2) is 0 Å². The van der Waals surface area contributed by atoms with Crippen molar-refractivity contribution in [3.05, 3.63) is 0 Å². The van der Waals surface area contributed by atoms with Crippen LogP contribution in [0.15, 0.2) is 0 Å². The number of amides is 1. The Hall–Kier alpha value is -1.10. The zero-order valence-electron chi connectivity index (χ0n) is 7.84. The topological polar surface area (TPSA) is 81.4 Å². The van der Waals surface area contributed by atoms with Crippen LogP contribution in [0.1, 0.15) is 19.8 Å². The maximum absolute atomic E-state index is 11.0. The molecule has 0 rings (SSSR count). The van der Waals surface area contributed by atoms with Crippen molar-refractivity contribution < 1.29 is 14.3 Å². The zero-order valence-corrected chi connectivity index (χ0v) is 7.84. The van der Waals surface area contributed by atoms with E-state index in [1.54, 1.807) is 6.92 Å². The van der Waals surface area contributed by atoms with E-state index in [0.717, 1.165) is 0 Å². The maximum atomic E-state index is 11.0. The predicted molar refractivity (Wildman–Crippen MR) is 47.9 cm³/mol. The molecule has 0 atom stereocenters. The minimum atomic E-state index is -0.493. The van der Waals surface area contributed by atoms with Crippen molar-refractivity contribution in [3.63, 3.8) is 0 Å². The van der Waals surface area contributed by atoms with Crippen LogP contribution in [0.2, 0.25) is 0 Å². The highest BCUT2D eigenvalue weighted by Gasteiger charge is 2.08. The summed E-state index contributed by atoms with van der Waals surface area (Å²) in [6, 6.07) is 0. The third-order valence-electron chi connectivity index (χ3n) is 1.31. The number of esters is 1. The normalized spacial score (nSPS) is 9.38. The van der Waals surface area contributed by atoms with Crippen molar-refractivity contribution in [2.45, 2.75) is 19.8 Å². The van der Waals surface area contributed by atoms with Gasteiger partial charge in [-0.1, -0.05) is 0 Å². The molecular weight excluding hydrogens is 172 g/mol. The van der Waals surface area contributed by atoms with Gasteiger partial charge in [-0.05, 0) is 19.9 Å². The number of carbonyl (C=O) groups excluding carboxylic acids is 2. The Morgan fingerprint density at radius 2 is 2.15 bits per heavy atom. The van der Waals surface area contributed by atoms with Crippen molar-refractivity contribution in [1.29, 1.82) is 0 Å².